The number of hydrogen-bond donors (Lipinski definition) is 0. The second kappa shape index (κ2) is 5.51. The number of nitrogens with zero attached hydrogens (tertiary/aromatic N) is 1. The lowest BCUT2D eigenvalue weighted by molar-refractivity contribution is -0.116. The minimum Gasteiger partial charge on any atom is -0.383 e. The summed E-state index contributed by atoms with van der Waals surface area (Å²) >= 11 is 0. The number of carbonyl (C=O) groups is 2. The van der Waals surface area contributed by atoms with E-state index in [1.54, 1.807) is 25.2 Å². The van der Waals surface area contributed by atoms with Crippen molar-refractivity contribution in [3.8, 4) is 0 Å². The summed E-state index contributed by atoms with van der Waals surface area (Å²) in [7, 11) is 3.60. The van der Waals surface area contributed by atoms with E-state index < -0.39 is 0 Å². The van der Waals surface area contributed by atoms with Gasteiger partial charge in [0, 0.05) is 33.1 Å². The molecule has 0 aromatic carbocycles. The lowest BCUT2D eigenvalue weighted by Gasteiger charge is -2.04. The summed E-state index contributed by atoms with van der Waals surface area (Å²) < 4.78 is 0. The van der Waals surface area contributed by atoms with Gasteiger partial charge in [0.2, 0.25) is 0 Å². The zero-order chi connectivity index (χ0) is 10.4. The molecule has 0 unspecified atom stereocenters. The summed E-state index contributed by atoms with van der Waals surface area (Å²) in [5.74, 6) is -0.0487. The van der Waals surface area contributed by atoms with Crippen LogP contribution >= 0.6 is 0 Å². The fraction of sp³-hybridized carbons (Fsp3) is 0.600. The van der Waals surface area contributed by atoms with Gasteiger partial charge in [-0.25, -0.2) is 0 Å². The van der Waals surface area contributed by atoms with Gasteiger partial charge in [-0.05, 0) is 0 Å². The van der Waals surface area contributed by atoms with Gasteiger partial charge in [-0.1, -0.05) is 13.8 Å². The molecule has 0 aromatic rings. The molecule has 13 heavy (non-hydrogen) atoms. The van der Waals surface area contributed by atoms with Crippen LogP contribution in [0.15, 0.2) is 11.8 Å². The molecule has 0 N–H and O–H groups in total. The van der Waals surface area contributed by atoms with Gasteiger partial charge in [0.05, 0.1) is 5.57 Å². The van der Waals surface area contributed by atoms with Gasteiger partial charge in [-0.15, -0.1) is 0 Å². The molecule has 0 bridgehead atoms. The molecule has 0 atom stereocenters. The van der Waals surface area contributed by atoms with Crippen LogP contribution in [0.4, 0.5) is 0 Å². The Hall–Kier alpha value is -1.12. The van der Waals surface area contributed by atoms with Crippen LogP contribution < -0.4 is 0 Å². The Balaban J connectivity index is 0.000000671. The van der Waals surface area contributed by atoms with Crippen LogP contribution in [-0.4, -0.2) is 30.6 Å². The average molecular weight is 183 g/mol. The van der Waals surface area contributed by atoms with E-state index in [-0.39, 0.29) is 11.6 Å². The molecule has 1 saturated carbocycles. The van der Waals surface area contributed by atoms with Crippen molar-refractivity contribution in [2.24, 2.45) is 0 Å². The first-order chi connectivity index (χ1) is 6.11. The smallest absolute Gasteiger partial charge is 0.168 e. The van der Waals surface area contributed by atoms with Gasteiger partial charge in [-0.3, -0.25) is 9.59 Å². The van der Waals surface area contributed by atoms with Crippen molar-refractivity contribution in [2.45, 2.75) is 26.7 Å². The molecule has 1 rings (SSSR count). The normalized spacial score (nSPS) is 15.2. The van der Waals surface area contributed by atoms with Crippen molar-refractivity contribution in [1.29, 1.82) is 0 Å². The number of carbonyl (C=O) groups excluding carboxylic acids is 2. The first kappa shape index (κ1) is 11.9. The predicted octanol–water partition coefficient (Wildman–Crippen LogP) is 1.39. The maximum absolute atomic E-state index is 11.0. The SMILES string of the molecule is CC.CN(C)C=C1C(=O)CCC1=O. The van der Waals surface area contributed by atoms with Crippen LogP contribution in [0.1, 0.15) is 26.7 Å². The Bertz CT molecular complexity index is 211. The van der Waals surface area contributed by atoms with Gasteiger partial charge in [0.1, 0.15) is 0 Å². The number of allylic oxidation sites excluding steroid dienone is 1. The Morgan fingerprint density at radius 3 is 1.77 bits per heavy atom. The Kier molecular flexibility index (Phi) is 5.04. The monoisotopic (exact) mass is 183 g/mol. The third-order valence-electron chi connectivity index (χ3n) is 1.57. The van der Waals surface area contributed by atoms with Crippen LogP contribution in [0.3, 0.4) is 0 Å². The first-order valence-electron chi connectivity index (χ1n) is 4.56. The molecular weight excluding hydrogens is 166 g/mol. The maximum atomic E-state index is 11.0. The molecule has 0 amide bonds. The lowest BCUT2D eigenvalue weighted by atomic mass is 10.2. The zero-order valence-corrected chi connectivity index (χ0v) is 8.76. The van der Waals surface area contributed by atoms with E-state index in [2.05, 4.69) is 0 Å². The van der Waals surface area contributed by atoms with E-state index in [9.17, 15) is 9.59 Å². The highest BCUT2D eigenvalue weighted by Crippen LogP contribution is 2.16. The van der Waals surface area contributed by atoms with Crippen molar-refractivity contribution < 1.29 is 9.59 Å². The van der Waals surface area contributed by atoms with E-state index in [0.29, 0.717) is 18.4 Å². The van der Waals surface area contributed by atoms with Crippen LogP contribution in [0.5, 0.6) is 0 Å². The molecule has 0 spiro atoms. The molecule has 0 aromatic heterocycles. The number of rotatable bonds is 1. The van der Waals surface area contributed by atoms with Crippen LogP contribution in [0.2, 0.25) is 0 Å². The van der Waals surface area contributed by atoms with Gasteiger partial charge in [0.25, 0.3) is 0 Å². The quantitative estimate of drug-likeness (QED) is 0.455. The third-order valence-corrected chi connectivity index (χ3v) is 1.57. The van der Waals surface area contributed by atoms with E-state index >= 15 is 0 Å². The van der Waals surface area contributed by atoms with Crippen molar-refractivity contribution in [3.63, 3.8) is 0 Å². The fourth-order valence-corrected chi connectivity index (χ4v) is 1.05. The van der Waals surface area contributed by atoms with Crippen LogP contribution in [-0.2, 0) is 9.59 Å². The summed E-state index contributed by atoms with van der Waals surface area (Å²) in [5.41, 5.74) is 0.356. The fourth-order valence-electron chi connectivity index (χ4n) is 1.05. The number of hydrogen-bond acceptors (Lipinski definition) is 3. The van der Waals surface area contributed by atoms with Crippen molar-refractivity contribution in [1.82, 2.24) is 4.90 Å². The minimum absolute atomic E-state index is 0.0244. The molecule has 3 heteroatoms. The summed E-state index contributed by atoms with van der Waals surface area (Å²) in [6, 6.07) is 0. The highest BCUT2D eigenvalue weighted by molar-refractivity contribution is 6.25. The van der Waals surface area contributed by atoms with E-state index in [1.165, 1.54) is 0 Å². The predicted molar refractivity (Wildman–Crippen MR) is 52.4 cm³/mol. The lowest BCUT2D eigenvalue weighted by Crippen LogP contribution is -2.08. The first-order valence-corrected chi connectivity index (χ1v) is 4.56. The van der Waals surface area contributed by atoms with Crippen LogP contribution in [0, 0.1) is 0 Å². The minimum atomic E-state index is -0.0244. The van der Waals surface area contributed by atoms with E-state index in [4.69, 9.17) is 0 Å². The number of ketones is 2. The molecule has 0 saturated heterocycles. The maximum Gasteiger partial charge on any atom is 0.168 e. The van der Waals surface area contributed by atoms with Gasteiger partial charge in [0.15, 0.2) is 11.6 Å². The largest absolute Gasteiger partial charge is 0.383 e. The second-order valence-electron chi connectivity index (χ2n) is 2.85. The van der Waals surface area contributed by atoms with E-state index in [1.807, 2.05) is 13.8 Å². The molecule has 0 aliphatic heterocycles. The van der Waals surface area contributed by atoms with Crippen molar-refractivity contribution >= 4 is 11.6 Å². The molecule has 0 radical (unpaired) electrons. The molecule has 1 aliphatic rings. The summed E-state index contributed by atoms with van der Waals surface area (Å²) in [6.07, 6.45) is 2.37. The highest BCUT2D eigenvalue weighted by atomic mass is 16.2. The molecule has 1 fully saturated rings. The number of Topliss-reactive ketones (excluding diaryl/α,β-unsaturated/α-hetero) is 2. The second-order valence-corrected chi connectivity index (χ2v) is 2.85. The molecule has 1 aliphatic carbocycles. The topological polar surface area (TPSA) is 37.4 Å². The van der Waals surface area contributed by atoms with Gasteiger partial charge < -0.3 is 4.90 Å². The Labute approximate surface area is 79.4 Å². The molecule has 0 heterocycles. The van der Waals surface area contributed by atoms with Crippen molar-refractivity contribution in [2.75, 3.05) is 14.1 Å². The molecule has 74 valence electrons. The zero-order valence-electron chi connectivity index (χ0n) is 8.76. The van der Waals surface area contributed by atoms with E-state index in [0.717, 1.165) is 0 Å². The third kappa shape index (κ3) is 3.40. The summed E-state index contributed by atoms with van der Waals surface area (Å²) in [6.45, 7) is 4.00. The Morgan fingerprint density at radius 1 is 1.08 bits per heavy atom. The molecule has 3 nitrogen and oxygen atoms in total. The highest BCUT2D eigenvalue weighted by Gasteiger charge is 2.25. The Morgan fingerprint density at radius 2 is 1.46 bits per heavy atom. The van der Waals surface area contributed by atoms with Gasteiger partial charge in [-0.2, -0.15) is 0 Å². The summed E-state index contributed by atoms with van der Waals surface area (Å²) in [4.78, 5) is 23.7. The van der Waals surface area contributed by atoms with Crippen molar-refractivity contribution in [3.05, 3.63) is 11.8 Å². The molecular formula is C10H17NO2. The van der Waals surface area contributed by atoms with Crippen LogP contribution in [0.25, 0.3) is 0 Å². The standard InChI is InChI=1S/C8H11NO2.C2H6/c1-9(2)5-6-7(10)3-4-8(6)11;1-2/h5H,3-4H2,1-2H3;1-2H3. The van der Waals surface area contributed by atoms with Gasteiger partial charge >= 0.3 is 0 Å². The average Bonchev–Trinajstić information content (AvgIpc) is 2.39. The summed E-state index contributed by atoms with van der Waals surface area (Å²) in [5, 5.41) is 0.